The summed E-state index contributed by atoms with van der Waals surface area (Å²) in [5, 5.41) is 2.73. The summed E-state index contributed by atoms with van der Waals surface area (Å²) in [5.41, 5.74) is 0.293. The van der Waals surface area contributed by atoms with Crippen LogP contribution in [-0.2, 0) is 24.3 Å². The van der Waals surface area contributed by atoms with E-state index in [9.17, 15) is 18.0 Å². The van der Waals surface area contributed by atoms with Gasteiger partial charge in [-0.15, -0.1) is 0 Å². The molecule has 1 aliphatic heterocycles. The summed E-state index contributed by atoms with van der Waals surface area (Å²) in [5.74, 6) is -0.211. The van der Waals surface area contributed by atoms with E-state index in [4.69, 9.17) is 9.47 Å². The number of benzene rings is 1. The zero-order valence-electron chi connectivity index (χ0n) is 17.3. The second-order valence-corrected chi connectivity index (χ2v) is 9.15. The molecule has 0 atom stereocenters. The lowest BCUT2D eigenvalue weighted by atomic mass is 9.97. The van der Waals surface area contributed by atoms with Gasteiger partial charge in [0.1, 0.15) is 5.75 Å². The number of rotatable bonds is 8. The molecule has 1 fully saturated rings. The number of nitrogens with one attached hydrogen (secondary N) is 1. The largest absolute Gasteiger partial charge is 0.495 e. The van der Waals surface area contributed by atoms with Crippen LogP contribution in [0.3, 0.4) is 0 Å². The third kappa shape index (κ3) is 5.91. The highest BCUT2D eigenvalue weighted by Gasteiger charge is 2.27. The second kappa shape index (κ2) is 10.0. The van der Waals surface area contributed by atoms with Gasteiger partial charge >= 0.3 is 5.97 Å². The number of anilines is 1. The number of amides is 1. The first-order valence-corrected chi connectivity index (χ1v) is 10.9. The number of hydrogen-bond donors (Lipinski definition) is 1. The number of methoxy groups -OCH3 is 1. The van der Waals surface area contributed by atoms with Crippen molar-refractivity contribution in [1.82, 2.24) is 9.21 Å². The van der Waals surface area contributed by atoms with Crippen molar-refractivity contribution in [3.05, 3.63) is 18.2 Å². The Kier molecular flexibility index (Phi) is 8.00. The second-order valence-electron chi connectivity index (χ2n) is 7.00. The first-order valence-electron chi connectivity index (χ1n) is 9.48. The van der Waals surface area contributed by atoms with Crippen molar-refractivity contribution in [2.45, 2.75) is 24.7 Å². The molecule has 0 aromatic heterocycles. The third-order valence-corrected chi connectivity index (χ3v) is 6.61. The van der Waals surface area contributed by atoms with E-state index >= 15 is 0 Å². The molecule has 0 unspecified atom stereocenters. The van der Waals surface area contributed by atoms with Crippen molar-refractivity contribution < 1.29 is 27.5 Å². The van der Waals surface area contributed by atoms with E-state index in [0.29, 0.717) is 44.0 Å². The van der Waals surface area contributed by atoms with E-state index in [-0.39, 0.29) is 29.2 Å². The molecule has 1 saturated heterocycles. The minimum atomic E-state index is -3.63. The predicted octanol–water partition coefficient (Wildman–Crippen LogP) is 1.16. The summed E-state index contributed by atoms with van der Waals surface area (Å²) in [7, 11) is 0.700. The predicted molar refractivity (Wildman–Crippen MR) is 108 cm³/mol. The molecule has 1 amide bonds. The van der Waals surface area contributed by atoms with E-state index in [2.05, 4.69) is 5.32 Å². The molecule has 9 nitrogen and oxygen atoms in total. The fraction of sp³-hybridized carbons (Fsp3) is 0.579. The Morgan fingerprint density at radius 1 is 1.24 bits per heavy atom. The number of piperidine rings is 1. The van der Waals surface area contributed by atoms with Crippen LogP contribution in [0.5, 0.6) is 5.75 Å². The van der Waals surface area contributed by atoms with Crippen LogP contribution in [0.2, 0.25) is 0 Å². The SMILES string of the molecule is CCOC(=O)C1CCN(CC(=O)Nc2cc(S(=O)(=O)N(C)C)ccc2OC)CC1. The van der Waals surface area contributed by atoms with Crippen LogP contribution in [0.1, 0.15) is 19.8 Å². The number of ether oxygens (including phenoxy) is 2. The molecule has 1 aromatic rings. The van der Waals surface area contributed by atoms with Gasteiger partial charge in [-0.25, -0.2) is 12.7 Å². The van der Waals surface area contributed by atoms with Crippen molar-refractivity contribution in [2.24, 2.45) is 5.92 Å². The average molecular weight is 428 g/mol. The Balaban J connectivity index is 2.01. The molecule has 1 N–H and O–H groups in total. The van der Waals surface area contributed by atoms with Crippen molar-refractivity contribution in [2.75, 3.05) is 52.8 Å². The minimum absolute atomic E-state index is 0.0638. The van der Waals surface area contributed by atoms with E-state index in [1.54, 1.807) is 6.92 Å². The average Bonchev–Trinajstić information content (AvgIpc) is 2.68. The minimum Gasteiger partial charge on any atom is -0.495 e. The molecule has 2 rings (SSSR count). The summed E-state index contributed by atoms with van der Waals surface area (Å²) in [6, 6.07) is 4.33. The van der Waals surface area contributed by atoms with Gasteiger partial charge in [0.25, 0.3) is 0 Å². The lowest BCUT2D eigenvalue weighted by Crippen LogP contribution is -2.41. The number of nitrogens with zero attached hydrogens (tertiary/aromatic N) is 2. The van der Waals surface area contributed by atoms with Crippen molar-refractivity contribution in [3.8, 4) is 5.75 Å². The van der Waals surface area contributed by atoms with Crippen LogP contribution in [0.4, 0.5) is 5.69 Å². The first-order chi connectivity index (χ1) is 13.7. The lowest BCUT2D eigenvalue weighted by molar-refractivity contribution is -0.149. The van der Waals surface area contributed by atoms with E-state index in [0.717, 1.165) is 4.31 Å². The van der Waals surface area contributed by atoms with Crippen LogP contribution in [0.25, 0.3) is 0 Å². The standard InChI is InChI=1S/C19H29N3O6S/c1-5-28-19(24)14-8-10-22(11-9-14)13-18(23)20-16-12-15(6-7-17(16)27-4)29(25,26)21(2)3/h6-7,12,14H,5,8-11,13H2,1-4H3,(H,20,23). The first kappa shape index (κ1) is 23.1. The smallest absolute Gasteiger partial charge is 0.309 e. The van der Waals surface area contributed by atoms with Gasteiger partial charge < -0.3 is 14.8 Å². The Bertz CT molecular complexity index is 832. The highest BCUT2D eigenvalue weighted by molar-refractivity contribution is 7.89. The number of carbonyl (C=O) groups excluding carboxylic acids is 2. The molecule has 10 heteroatoms. The summed E-state index contributed by atoms with van der Waals surface area (Å²) in [6.07, 6.45) is 1.29. The molecule has 29 heavy (non-hydrogen) atoms. The Labute approximate surface area is 172 Å². The van der Waals surface area contributed by atoms with Gasteiger partial charge in [-0.2, -0.15) is 0 Å². The van der Waals surface area contributed by atoms with E-state index < -0.39 is 10.0 Å². The van der Waals surface area contributed by atoms with Crippen LogP contribution in [-0.4, -0.2) is 76.9 Å². The Hall–Kier alpha value is -2.17. The molecule has 0 aliphatic carbocycles. The van der Waals surface area contributed by atoms with Crippen molar-refractivity contribution >= 4 is 27.6 Å². The molecule has 1 heterocycles. The third-order valence-electron chi connectivity index (χ3n) is 4.80. The highest BCUT2D eigenvalue weighted by Crippen LogP contribution is 2.28. The molecule has 1 aromatic carbocycles. The van der Waals surface area contributed by atoms with Crippen molar-refractivity contribution in [1.29, 1.82) is 0 Å². The van der Waals surface area contributed by atoms with Crippen LogP contribution >= 0.6 is 0 Å². The monoisotopic (exact) mass is 427 g/mol. The number of hydrogen-bond acceptors (Lipinski definition) is 7. The zero-order valence-corrected chi connectivity index (χ0v) is 18.1. The fourth-order valence-corrected chi connectivity index (χ4v) is 4.06. The molecule has 0 spiro atoms. The highest BCUT2D eigenvalue weighted by atomic mass is 32.2. The Morgan fingerprint density at radius 2 is 1.90 bits per heavy atom. The van der Waals surface area contributed by atoms with Crippen LogP contribution in [0.15, 0.2) is 23.1 Å². The molecule has 0 bridgehead atoms. The Morgan fingerprint density at radius 3 is 2.45 bits per heavy atom. The lowest BCUT2D eigenvalue weighted by Gasteiger charge is -2.30. The summed E-state index contributed by atoms with van der Waals surface area (Å²) >= 11 is 0. The summed E-state index contributed by atoms with van der Waals surface area (Å²) < 4.78 is 36.1. The van der Waals surface area contributed by atoms with Crippen LogP contribution < -0.4 is 10.1 Å². The molecule has 0 saturated carbocycles. The van der Waals surface area contributed by atoms with Gasteiger partial charge in [0.2, 0.25) is 15.9 Å². The van der Waals surface area contributed by atoms with E-state index in [1.807, 2.05) is 4.90 Å². The maximum absolute atomic E-state index is 12.5. The summed E-state index contributed by atoms with van der Waals surface area (Å²) in [6.45, 7) is 3.52. The zero-order chi connectivity index (χ0) is 21.6. The number of sulfonamides is 1. The number of carbonyl (C=O) groups is 2. The molecular weight excluding hydrogens is 398 g/mol. The molecular formula is C19H29N3O6S. The normalized spacial score (nSPS) is 15.9. The maximum Gasteiger partial charge on any atom is 0.309 e. The topological polar surface area (TPSA) is 105 Å². The number of likely N-dealkylation sites (tertiary alicyclic amines) is 1. The van der Waals surface area contributed by atoms with Gasteiger partial charge in [0, 0.05) is 14.1 Å². The van der Waals surface area contributed by atoms with Gasteiger partial charge in [-0.05, 0) is 51.1 Å². The maximum atomic E-state index is 12.5. The molecule has 1 aliphatic rings. The van der Waals surface area contributed by atoms with Gasteiger partial charge in [-0.3, -0.25) is 14.5 Å². The number of esters is 1. The quantitative estimate of drug-likeness (QED) is 0.621. The van der Waals surface area contributed by atoms with Gasteiger partial charge in [0.05, 0.1) is 36.8 Å². The van der Waals surface area contributed by atoms with Crippen LogP contribution in [0, 0.1) is 5.92 Å². The van der Waals surface area contributed by atoms with Gasteiger partial charge in [-0.1, -0.05) is 0 Å². The molecule has 0 radical (unpaired) electrons. The van der Waals surface area contributed by atoms with E-state index in [1.165, 1.54) is 39.4 Å². The fourth-order valence-electron chi connectivity index (χ4n) is 3.14. The molecule has 162 valence electrons. The summed E-state index contributed by atoms with van der Waals surface area (Å²) in [4.78, 5) is 26.3. The van der Waals surface area contributed by atoms with Crippen molar-refractivity contribution in [3.63, 3.8) is 0 Å². The van der Waals surface area contributed by atoms with Gasteiger partial charge in [0.15, 0.2) is 0 Å².